The molecule has 17 heavy (non-hydrogen) atoms. The second kappa shape index (κ2) is 5.04. The van der Waals surface area contributed by atoms with Crippen LogP contribution < -0.4 is 0 Å². The molecule has 0 N–H and O–H groups in total. The number of hydrogen-bond donors (Lipinski definition) is 0. The Morgan fingerprint density at radius 3 is 2.76 bits per heavy atom. The highest BCUT2D eigenvalue weighted by molar-refractivity contribution is 5.76. The van der Waals surface area contributed by atoms with Crippen LogP contribution in [0.25, 0.3) is 0 Å². The molecule has 0 aliphatic carbocycles. The molecule has 0 spiro atoms. The molecule has 1 heterocycles. The monoisotopic (exact) mass is 225 g/mol. The topological polar surface area (TPSA) is 30.0 Å². The maximum atomic E-state index is 13.0. The number of hydrogen-bond acceptors (Lipinski definition) is 2. The Balaban J connectivity index is 2.31. The Labute approximate surface area is 98.1 Å². The standard InChI is InChI=1S/C14H8FNO/c15-14-7-5-11(9-12(14)10-17)4-6-13-3-1-2-8-16-13/h1-3,5,7-10H. The van der Waals surface area contributed by atoms with Crippen molar-refractivity contribution in [1.29, 1.82) is 0 Å². The van der Waals surface area contributed by atoms with E-state index in [9.17, 15) is 9.18 Å². The van der Waals surface area contributed by atoms with Gasteiger partial charge in [0.05, 0.1) is 5.56 Å². The first-order chi connectivity index (χ1) is 8.29. The van der Waals surface area contributed by atoms with Gasteiger partial charge < -0.3 is 0 Å². The van der Waals surface area contributed by atoms with Crippen molar-refractivity contribution in [2.75, 3.05) is 0 Å². The predicted molar refractivity (Wildman–Crippen MR) is 62.0 cm³/mol. The van der Waals surface area contributed by atoms with E-state index in [1.165, 1.54) is 18.2 Å². The lowest BCUT2D eigenvalue weighted by Crippen LogP contribution is -1.88. The molecule has 2 rings (SSSR count). The van der Waals surface area contributed by atoms with E-state index in [1.54, 1.807) is 18.3 Å². The summed E-state index contributed by atoms with van der Waals surface area (Å²) in [5.41, 5.74) is 1.22. The van der Waals surface area contributed by atoms with Crippen LogP contribution >= 0.6 is 0 Å². The highest BCUT2D eigenvalue weighted by Gasteiger charge is 2.00. The van der Waals surface area contributed by atoms with E-state index < -0.39 is 5.82 Å². The molecular formula is C14H8FNO. The van der Waals surface area contributed by atoms with Gasteiger partial charge in [-0.3, -0.25) is 4.79 Å². The van der Waals surface area contributed by atoms with E-state index in [-0.39, 0.29) is 5.56 Å². The summed E-state index contributed by atoms with van der Waals surface area (Å²) in [5.74, 6) is 5.12. The Morgan fingerprint density at radius 2 is 2.06 bits per heavy atom. The number of halogens is 1. The van der Waals surface area contributed by atoms with Gasteiger partial charge >= 0.3 is 0 Å². The molecule has 0 radical (unpaired) electrons. The van der Waals surface area contributed by atoms with Crippen LogP contribution in [0.1, 0.15) is 21.6 Å². The van der Waals surface area contributed by atoms with Gasteiger partial charge in [0.2, 0.25) is 0 Å². The number of pyridine rings is 1. The van der Waals surface area contributed by atoms with Crippen LogP contribution in [0.4, 0.5) is 4.39 Å². The number of carbonyl (C=O) groups is 1. The summed E-state index contributed by atoms with van der Waals surface area (Å²) < 4.78 is 13.0. The summed E-state index contributed by atoms with van der Waals surface area (Å²) >= 11 is 0. The van der Waals surface area contributed by atoms with Crippen LogP contribution in [0.3, 0.4) is 0 Å². The lowest BCUT2D eigenvalue weighted by atomic mass is 10.1. The lowest BCUT2D eigenvalue weighted by molar-refractivity contribution is 0.112. The van der Waals surface area contributed by atoms with E-state index >= 15 is 0 Å². The van der Waals surface area contributed by atoms with Gasteiger partial charge in [-0.05, 0) is 36.3 Å². The Bertz CT molecular complexity index is 597. The minimum Gasteiger partial charge on any atom is -0.298 e. The maximum absolute atomic E-state index is 13.0. The Kier molecular flexibility index (Phi) is 3.27. The van der Waals surface area contributed by atoms with Gasteiger partial charge in [0.25, 0.3) is 0 Å². The van der Waals surface area contributed by atoms with E-state index in [1.807, 2.05) is 6.07 Å². The fourth-order valence-corrected chi connectivity index (χ4v) is 1.28. The number of carbonyl (C=O) groups excluding carboxylic acids is 1. The van der Waals surface area contributed by atoms with Gasteiger partial charge in [0.15, 0.2) is 6.29 Å². The highest BCUT2D eigenvalue weighted by Crippen LogP contribution is 2.07. The normalized spacial score (nSPS) is 9.24. The fourth-order valence-electron chi connectivity index (χ4n) is 1.28. The molecule has 0 amide bonds. The Hall–Kier alpha value is -2.47. The van der Waals surface area contributed by atoms with Crippen molar-refractivity contribution in [3.05, 3.63) is 65.2 Å². The molecule has 3 heteroatoms. The van der Waals surface area contributed by atoms with Crippen molar-refractivity contribution < 1.29 is 9.18 Å². The molecule has 2 aromatic rings. The summed E-state index contributed by atoms with van der Waals surface area (Å²) in [6, 6.07) is 9.58. The van der Waals surface area contributed by atoms with Crippen molar-refractivity contribution in [3.8, 4) is 11.8 Å². The van der Waals surface area contributed by atoms with E-state index in [0.717, 1.165) is 0 Å². The van der Waals surface area contributed by atoms with Crippen LogP contribution in [0.15, 0.2) is 42.6 Å². The zero-order chi connectivity index (χ0) is 12.1. The molecule has 0 atom stereocenters. The smallest absolute Gasteiger partial charge is 0.153 e. The van der Waals surface area contributed by atoms with Gasteiger partial charge in [-0.2, -0.15) is 0 Å². The molecule has 0 fully saturated rings. The highest BCUT2D eigenvalue weighted by atomic mass is 19.1. The predicted octanol–water partition coefficient (Wildman–Crippen LogP) is 2.43. The minimum absolute atomic E-state index is 0.0119. The van der Waals surface area contributed by atoms with E-state index in [4.69, 9.17) is 0 Å². The van der Waals surface area contributed by atoms with Crippen molar-refractivity contribution in [2.45, 2.75) is 0 Å². The number of nitrogens with zero attached hydrogens (tertiary/aromatic N) is 1. The third kappa shape index (κ3) is 2.76. The first-order valence-electron chi connectivity index (χ1n) is 4.97. The number of benzene rings is 1. The zero-order valence-electron chi connectivity index (χ0n) is 8.85. The summed E-state index contributed by atoms with van der Waals surface area (Å²) in [4.78, 5) is 14.6. The largest absolute Gasteiger partial charge is 0.298 e. The molecule has 0 bridgehead atoms. The summed E-state index contributed by atoms with van der Waals surface area (Å²) in [5, 5.41) is 0. The summed E-state index contributed by atoms with van der Waals surface area (Å²) in [6.07, 6.45) is 2.12. The number of aldehydes is 1. The van der Waals surface area contributed by atoms with E-state index in [0.29, 0.717) is 17.5 Å². The van der Waals surface area contributed by atoms with Crippen LogP contribution in [0.5, 0.6) is 0 Å². The molecular weight excluding hydrogens is 217 g/mol. The van der Waals surface area contributed by atoms with Crippen molar-refractivity contribution in [1.82, 2.24) is 4.98 Å². The SMILES string of the molecule is O=Cc1cc(C#Cc2ccccn2)ccc1F. The summed E-state index contributed by atoms with van der Waals surface area (Å²) in [7, 11) is 0. The molecule has 2 nitrogen and oxygen atoms in total. The third-order valence-corrected chi connectivity index (χ3v) is 2.12. The molecule has 0 unspecified atom stereocenters. The van der Waals surface area contributed by atoms with E-state index in [2.05, 4.69) is 16.8 Å². The first-order valence-corrected chi connectivity index (χ1v) is 4.97. The molecule has 82 valence electrons. The van der Waals surface area contributed by atoms with Gasteiger partial charge in [-0.25, -0.2) is 9.37 Å². The first kappa shape index (κ1) is 11.0. The van der Waals surface area contributed by atoms with Crippen molar-refractivity contribution >= 4 is 6.29 Å². The van der Waals surface area contributed by atoms with Crippen LogP contribution in [-0.4, -0.2) is 11.3 Å². The maximum Gasteiger partial charge on any atom is 0.153 e. The second-order valence-corrected chi connectivity index (χ2v) is 3.32. The third-order valence-electron chi connectivity index (χ3n) is 2.12. The van der Waals surface area contributed by atoms with Crippen molar-refractivity contribution in [3.63, 3.8) is 0 Å². The average Bonchev–Trinajstić information content (AvgIpc) is 2.39. The van der Waals surface area contributed by atoms with Gasteiger partial charge in [0.1, 0.15) is 11.5 Å². The quantitative estimate of drug-likeness (QED) is 0.551. The lowest BCUT2D eigenvalue weighted by Gasteiger charge is -1.94. The fraction of sp³-hybridized carbons (Fsp3) is 0. The molecule has 0 saturated carbocycles. The average molecular weight is 225 g/mol. The summed E-state index contributed by atoms with van der Waals surface area (Å²) in [6.45, 7) is 0. The number of rotatable bonds is 1. The van der Waals surface area contributed by atoms with Crippen LogP contribution in [0.2, 0.25) is 0 Å². The number of aromatic nitrogens is 1. The van der Waals surface area contributed by atoms with Crippen LogP contribution in [0, 0.1) is 17.7 Å². The Morgan fingerprint density at radius 1 is 1.18 bits per heavy atom. The van der Waals surface area contributed by atoms with Crippen LogP contribution in [-0.2, 0) is 0 Å². The molecule has 1 aromatic carbocycles. The van der Waals surface area contributed by atoms with Gasteiger partial charge in [-0.1, -0.05) is 12.0 Å². The minimum atomic E-state index is -0.539. The molecule has 0 saturated heterocycles. The van der Waals surface area contributed by atoms with Gasteiger partial charge in [-0.15, -0.1) is 0 Å². The van der Waals surface area contributed by atoms with Gasteiger partial charge in [0, 0.05) is 11.8 Å². The zero-order valence-corrected chi connectivity index (χ0v) is 8.85. The molecule has 0 aliphatic rings. The second-order valence-electron chi connectivity index (χ2n) is 3.32. The molecule has 0 aliphatic heterocycles. The van der Waals surface area contributed by atoms with Crippen molar-refractivity contribution in [2.24, 2.45) is 0 Å². The molecule has 1 aromatic heterocycles.